The molecule has 1 aromatic heterocycles. The summed E-state index contributed by atoms with van der Waals surface area (Å²) in [6.45, 7) is 0. The number of ether oxygens (including phenoxy) is 1. The van der Waals surface area contributed by atoms with Gasteiger partial charge in [-0.05, 0) is 18.4 Å². The Hall–Kier alpha value is -2.30. The van der Waals surface area contributed by atoms with Crippen LogP contribution in [0.1, 0.15) is 21.7 Å². The van der Waals surface area contributed by atoms with E-state index in [1.165, 1.54) is 13.4 Å². The lowest BCUT2D eigenvalue weighted by atomic mass is 10.1. The zero-order valence-electron chi connectivity index (χ0n) is 10.5. The Labute approximate surface area is 110 Å². The number of nitrogens with zero attached hydrogens (tertiary/aromatic N) is 2. The van der Waals surface area contributed by atoms with E-state index < -0.39 is 11.8 Å². The molecule has 0 aliphatic carbocycles. The van der Waals surface area contributed by atoms with E-state index in [9.17, 15) is 9.18 Å². The quantitative estimate of drug-likeness (QED) is 0.791. The maximum absolute atomic E-state index is 14.0. The molecular formula is C14H13FN2O2. The van der Waals surface area contributed by atoms with Gasteiger partial charge in [0.25, 0.3) is 0 Å². The third-order valence-corrected chi connectivity index (χ3v) is 2.73. The predicted molar refractivity (Wildman–Crippen MR) is 67.2 cm³/mol. The molecule has 0 amide bonds. The van der Waals surface area contributed by atoms with Crippen LogP contribution in [0.5, 0.6) is 0 Å². The SMILES string of the molecule is COC(=O)c1ncnc(CCc2ccccc2)c1F. The first-order valence-corrected chi connectivity index (χ1v) is 5.84. The van der Waals surface area contributed by atoms with Gasteiger partial charge in [-0.1, -0.05) is 30.3 Å². The number of aryl methyl sites for hydroxylation is 2. The summed E-state index contributed by atoms with van der Waals surface area (Å²) in [4.78, 5) is 18.8. The van der Waals surface area contributed by atoms with Gasteiger partial charge in [0.2, 0.25) is 0 Å². The molecule has 98 valence electrons. The third kappa shape index (κ3) is 3.13. The Morgan fingerprint density at radius 2 is 1.95 bits per heavy atom. The van der Waals surface area contributed by atoms with Crippen molar-refractivity contribution in [1.29, 1.82) is 0 Å². The van der Waals surface area contributed by atoms with Crippen molar-refractivity contribution < 1.29 is 13.9 Å². The number of carbonyl (C=O) groups excluding carboxylic acids is 1. The molecule has 0 aliphatic heterocycles. The van der Waals surface area contributed by atoms with Crippen LogP contribution >= 0.6 is 0 Å². The minimum atomic E-state index is -0.791. The first-order chi connectivity index (χ1) is 9.22. The van der Waals surface area contributed by atoms with Gasteiger partial charge >= 0.3 is 5.97 Å². The average molecular weight is 260 g/mol. The van der Waals surface area contributed by atoms with Crippen LogP contribution in [0, 0.1) is 5.82 Å². The maximum Gasteiger partial charge on any atom is 0.359 e. The molecule has 1 heterocycles. The molecule has 0 bridgehead atoms. The van der Waals surface area contributed by atoms with Crippen molar-refractivity contribution in [2.45, 2.75) is 12.8 Å². The molecule has 1 aromatic carbocycles. The molecule has 0 atom stereocenters. The van der Waals surface area contributed by atoms with Crippen LogP contribution in [0.3, 0.4) is 0 Å². The summed E-state index contributed by atoms with van der Waals surface area (Å²) in [6.07, 6.45) is 2.23. The first-order valence-electron chi connectivity index (χ1n) is 5.84. The average Bonchev–Trinajstić information content (AvgIpc) is 2.46. The number of benzene rings is 1. The molecule has 0 spiro atoms. The van der Waals surface area contributed by atoms with Crippen molar-refractivity contribution in [2.75, 3.05) is 7.11 Å². The predicted octanol–water partition coefficient (Wildman–Crippen LogP) is 2.19. The summed E-state index contributed by atoms with van der Waals surface area (Å²) >= 11 is 0. The van der Waals surface area contributed by atoms with E-state index in [1.54, 1.807) is 0 Å². The van der Waals surface area contributed by atoms with Gasteiger partial charge in [0.15, 0.2) is 11.5 Å². The molecule has 2 rings (SSSR count). The molecule has 5 heteroatoms. The lowest BCUT2D eigenvalue weighted by molar-refractivity contribution is 0.0587. The van der Waals surface area contributed by atoms with Crippen molar-refractivity contribution in [2.24, 2.45) is 0 Å². The molecule has 0 unspecified atom stereocenters. The Morgan fingerprint density at radius 3 is 2.63 bits per heavy atom. The molecule has 19 heavy (non-hydrogen) atoms. The Balaban J connectivity index is 2.15. The number of halogens is 1. The van der Waals surface area contributed by atoms with Crippen LogP contribution < -0.4 is 0 Å². The van der Waals surface area contributed by atoms with Crippen molar-refractivity contribution in [3.63, 3.8) is 0 Å². The minimum Gasteiger partial charge on any atom is -0.464 e. The summed E-state index contributed by atoms with van der Waals surface area (Å²) in [5, 5.41) is 0. The topological polar surface area (TPSA) is 52.1 Å². The largest absolute Gasteiger partial charge is 0.464 e. The lowest BCUT2D eigenvalue weighted by Crippen LogP contribution is -2.11. The van der Waals surface area contributed by atoms with Crippen molar-refractivity contribution in [1.82, 2.24) is 9.97 Å². The number of hydrogen-bond donors (Lipinski definition) is 0. The highest BCUT2D eigenvalue weighted by Gasteiger charge is 2.17. The monoisotopic (exact) mass is 260 g/mol. The van der Waals surface area contributed by atoms with E-state index in [0.717, 1.165) is 5.56 Å². The van der Waals surface area contributed by atoms with Gasteiger partial charge in [0.05, 0.1) is 12.8 Å². The Bertz CT molecular complexity index is 573. The van der Waals surface area contributed by atoms with Crippen molar-refractivity contribution in [3.8, 4) is 0 Å². The number of rotatable bonds is 4. The normalized spacial score (nSPS) is 10.2. The molecule has 0 N–H and O–H groups in total. The molecule has 0 radical (unpaired) electrons. The molecule has 2 aromatic rings. The van der Waals surface area contributed by atoms with Crippen LogP contribution in [-0.2, 0) is 17.6 Å². The molecule has 0 aliphatic rings. The van der Waals surface area contributed by atoms with Crippen LogP contribution in [0.25, 0.3) is 0 Å². The van der Waals surface area contributed by atoms with Gasteiger partial charge < -0.3 is 4.74 Å². The standard InChI is InChI=1S/C14H13FN2O2/c1-19-14(18)13-12(15)11(16-9-17-13)8-7-10-5-3-2-4-6-10/h2-6,9H,7-8H2,1H3. The fourth-order valence-electron chi connectivity index (χ4n) is 1.73. The summed E-state index contributed by atoms with van der Waals surface area (Å²) < 4.78 is 18.5. The molecule has 4 nitrogen and oxygen atoms in total. The van der Waals surface area contributed by atoms with E-state index in [0.29, 0.717) is 12.8 Å². The highest BCUT2D eigenvalue weighted by molar-refractivity contribution is 5.87. The van der Waals surface area contributed by atoms with Crippen LogP contribution in [0.15, 0.2) is 36.7 Å². The van der Waals surface area contributed by atoms with E-state index >= 15 is 0 Å². The maximum atomic E-state index is 14.0. The number of esters is 1. The second-order valence-electron chi connectivity index (χ2n) is 3.96. The molecule has 0 fully saturated rings. The molecule has 0 saturated carbocycles. The van der Waals surface area contributed by atoms with Gasteiger partial charge in [-0.2, -0.15) is 0 Å². The van der Waals surface area contributed by atoms with Gasteiger partial charge in [-0.25, -0.2) is 19.2 Å². The van der Waals surface area contributed by atoms with Crippen LogP contribution in [0.2, 0.25) is 0 Å². The lowest BCUT2D eigenvalue weighted by Gasteiger charge is -2.05. The minimum absolute atomic E-state index is 0.222. The molecule has 0 saturated heterocycles. The number of aromatic nitrogens is 2. The van der Waals surface area contributed by atoms with Gasteiger partial charge in [0, 0.05) is 0 Å². The zero-order chi connectivity index (χ0) is 13.7. The second kappa shape index (κ2) is 6.04. The van der Waals surface area contributed by atoms with E-state index in [2.05, 4.69) is 14.7 Å². The van der Waals surface area contributed by atoms with Crippen LogP contribution in [-0.4, -0.2) is 23.0 Å². The second-order valence-corrected chi connectivity index (χ2v) is 3.96. The summed E-state index contributed by atoms with van der Waals surface area (Å²) in [6, 6.07) is 9.68. The summed E-state index contributed by atoms with van der Waals surface area (Å²) in [5.41, 5.74) is 0.986. The highest BCUT2D eigenvalue weighted by atomic mass is 19.1. The summed E-state index contributed by atoms with van der Waals surface area (Å²) in [7, 11) is 1.19. The Morgan fingerprint density at radius 1 is 1.21 bits per heavy atom. The van der Waals surface area contributed by atoms with Gasteiger partial charge in [0.1, 0.15) is 6.33 Å². The number of methoxy groups -OCH3 is 1. The number of hydrogen-bond acceptors (Lipinski definition) is 4. The zero-order valence-corrected chi connectivity index (χ0v) is 10.5. The third-order valence-electron chi connectivity index (χ3n) is 2.73. The molecular weight excluding hydrogens is 247 g/mol. The fraction of sp³-hybridized carbons (Fsp3) is 0.214. The first kappa shape index (κ1) is 13.1. The smallest absolute Gasteiger partial charge is 0.359 e. The van der Waals surface area contributed by atoms with E-state index in [1.807, 2.05) is 30.3 Å². The van der Waals surface area contributed by atoms with Crippen molar-refractivity contribution >= 4 is 5.97 Å². The van der Waals surface area contributed by atoms with Gasteiger partial charge in [-0.3, -0.25) is 0 Å². The number of carbonyl (C=O) groups is 1. The van der Waals surface area contributed by atoms with E-state index in [4.69, 9.17) is 0 Å². The van der Waals surface area contributed by atoms with Gasteiger partial charge in [-0.15, -0.1) is 0 Å². The van der Waals surface area contributed by atoms with Crippen molar-refractivity contribution in [3.05, 3.63) is 59.4 Å². The fourth-order valence-corrected chi connectivity index (χ4v) is 1.73. The van der Waals surface area contributed by atoms with Crippen LogP contribution in [0.4, 0.5) is 4.39 Å². The Kier molecular flexibility index (Phi) is 4.18. The summed E-state index contributed by atoms with van der Waals surface area (Å²) in [5.74, 6) is -1.49. The van der Waals surface area contributed by atoms with E-state index in [-0.39, 0.29) is 11.4 Å². The highest BCUT2D eigenvalue weighted by Crippen LogP contribution is 2.12.